The fourth-order valence-corrected chi connectivity index (χ4v) is 3.32. The molecule has 0 bridgehead atoms. The number of aromatic nitrogens is 2. The lowest BCUT2D eigenvalue weighted by atomic mass is 9.95. The van der Waals surface area contributed by atoms with Crippen LogP contribution in [-0.2, 0) is 13.1 Å². The van der Waals surface area contributed by atoms with E-state index in [4.69, 9.17) is 5.73 Å². The zero-order valence-corrected chi connectivity index (χ0v) is 13.5. The Labute approximate surface area is 136 Å². The molecule has 4 heteroatoms. The van der Waals surface area contributed by atoms with Gasteiger partial charge in [-0.15, -0.1) is 0 Å². The van der Waals surface area contributed by atoms with E-state index in [9.17, 15) is 0 Å². The average molecular weight is 304 g/mol. The first-order chi connectivity index (χ1) is 11.1. The van der Waals surface area contributed by atoms with Gasteiger partial charge < -0.3 is 10.3 Å². The van der Waals surface area contributed by atoms with E-state index < -0.39 is 0 Å². The first-order valence-electron chi connectivity index (χ1n) is 7.81. The molecular formula is C19H20N4. The zero-order valence-electron chi connectivity index (χ0n) is 13.5. The van der Waals surface area contributed by atoms with E-state index in [1.54, 1.807) is 0 Å². The van der Waals surface area contributed by atoms with Crippen LogP contribution in [0.2, 0.25) is 0 Å². The second-order valence-electron chi connectivity index (χ2n) is 6.35. The van der Waals surface area contributed by atoms with Gasteiger partial charge >= 0.3 is 0 Å². The fraction of sp³-hybridized carbons (Fsp3) is 0.211. The number of nitrogens with zero attached hydrogens (tertiary/aromatic N) is 3. The molecule has 2 heterocycles. The topological polar surface area (TPSA) is 47.1 Å². The molecule has 1 aliphatic rings. The summed E-state index contributed by atoms with van der Waals surface area (Å²) in [5, 5.41) is 0. The maximum atomic E-state index is 5.99. The van der Waals surface area contributed by atoms with Gasteiger partial charge in [-0.05, 0) is 60.5 Å². The summed E-state index contributed by atoms with van der Waals surface area (Å²) in [7, 11) is 2.15. The average Bonchev–Trinajstić information content (AvgIpc) is 2.89. The lowest BCUT2D eigenvalue weighted by Crippen LogP contribution is -2.15. The van der Waals surface area contributed by atoms with Gasteiger partial charge in [0.25, 0.3) is 0 Å². The molecule has 23 heavy (non-hydrogen) atoms. The summed E-state index contributed by atoms with van der Waals surface area (Å²) in [6.07, 6.45) is 3.91. The van der Waals surface area contributed by atoms with Crippen molar-refractivity contribution in [3.63, 3.8) is 0 Å². The highest BCUT2D eigenvalue weighted by molar-refractivity contribution is 5.75. The van der Waals surface area contributed by atoms with Crippen LogP contribution in [0.15, 0.2) is 48.9 Å². The summed E-state index contributed by atoms with van der Waals surface area (Å²) in [5.74, 6) is 0. The van der Waals surface area contributed by atoms with E-state index in [2.05, 4.69) is 58.0 Å². The van der Waals surface area contributed by atoms with Gasteiger partial charge in [-0.25, -0.2) is 4.98 Å². The molecule has 0 saturated carbocycles. The van der Waals surface area contributed by atoms with Crippen molar-refractivity contribution < 1.29 is 0 Å². The number of hydrogen-bond acceptors (Lipinski definition) is 3. The number of benzene rings is 2. The summed E-state index contributed by atoms with van der Waals surface area (Å²) < 4.78 is 2.07. The van der Waals surface area contributed by atoms with E-state index in [1.807, 2.05) is 19.3 Å². The lowest BCUT2D eigenvalue weighted by molar-refractivity contribution is 0.323. The van der Waals surface area contributed by atoms with Crippen LogP contribution in [0.5, 0.6) is 0 Å². The predicted octanol–water partition coefficient (Wildman–Crippen LogP) is 3.38. The van der Waals surface area contributed by atoms with Crippen molar-refractivity contribution in [1.82, 2.24) is 14.5 Å². The molecule has 2 N–H and O–H groups in total. The first kappa shape index (κ1) is 14.0. The van der Waals surface area contributed by atoms with Gasteiger partial charge in [-0.3, -0.25) is 4.90 Å². The second kappa shape index (κ2) is 5.25. The number of anilines is 1. The van der Waals surface area contributed by atoms with E-state index in [1.165, 1.54) is 22.3 Å². The van der Waals surface area contributed by atoms with Gasteiger partial charge in [0, 0.05) is 30.7 Å². The van der Waals surface area contributed by atoms with Crippen LogP contribution in [0.1, 0.15) is 16.8 Å². The van der Waals surface area contributed by atoms with Crippen molar-refractivity contribution in [2.45, 2.75) is 20.0 Å². The van der Waals surface area contributed by atoms with Crippen LogP contribution in [0.3, 0.4) is 0 Å². The number of imidazole rings is 1. The SMILES string of the molecule is Cc1cn(-c2ccc3c(c2)-c2ccc(N)cc2CN(C)C3)cn1. The van der Waals surface area contributed by atoms with Crippen molar-refractivity contribution in [3.8, 4) is 16.8 Å². The third-order valence-electron chi connectivity index (χ3n) is 4.40. The van der Waals surface area contributed by atoms with Crippen molar-refractivity contribution in [2.24, 2.45) is 0 Å². The summed E-state index contributed by atoms with van der Waals surface area (Å²) in [5.41, 5.74) is 14.2. The largest absolute Gasteiger partial charge is 0.399 e. The molecule has 0 atom stereocenters. The number of nitrogens with two attached hydrogens (primary N) is 1. The maximum absolute atomic E-state index is 5.99. The highest BCUT2D eigenvalue weighted by Crippen LogP contribution is 2.34. The highest BCUT2D eigenvalue weighted by Gasteiger charge is 2.18. The molecule has 1 aromatic heterocycles. The van der Waals surface area contributed by atoms with Crippen LogP contribution < -0.4 is 5.73 Å². The van der Waals surface area contributed by atoms with Crippen molar-refractivity contribution in [1.29, 1.82) is 0 Å². The van der Waals surface area contributed by atoms with Crippen LogP contribution in [0.4, 0.5) is 5.69 Å². The van der Waals surface area contributed by atoms with E-state index in [0.717, 1.165) is 30.2 Å². The quantitative estimate of drug-likeness (QED) is 0.701. The van der Waals surface area contributed by atoms with E-state index in [0.29, 0.717) is 0 Å². The van der Waals surface area contributed by atoms with Gasteiger partial charge in [-0.1, -0.05) is 12.1 Å². The fourth-order valence-electron chi connectivity index (χ4n) is 3.32. The summed E-state index contributed by atoms with van der Waals surface area (Å²) in [6.45, 7) is 3.86. The summed E-state index contributed by atoms with van der Waals surface area (Å²) >= 11 is 0. The molecule has 2 aromatic carbocycles. The number of fused-ring (bicyclic) bond motifs is 3. The number of nitrogen functional groups attached to an aromatic ring is 1. The molecule has 0 spiro atoms. The van der Waals surface area contributed by atoms with E-state index >= 15 is 0 Å². The molecule has 0 radical (unpaired) electrons. The zero-order chi connectivity index (χ0) is 16.0. The lowest BCUT2D eigenvalue weighted by Gasteiger charge is -2.14. The van der Waals surface area contributed by atoms with Gasteiger partial charge in [-0.2, -0.15) is 0 Å². The third kappa shape index (κ3) is 2.51. The predicted molar refractivity (Wildman–Crippen MR) is 93.3 cm³/mol. The minimum Gasteiger partial charge on any atom is -0.399 e. The minimum absolute atomic E-state index is 0.821. The van der Waals surface area contributed by atoms with Gasteiger partial charge in [0.05, 0.1) is 12.0 Å². The standard InChI is InChI=1S/C19H20N4/c1-13-9-23(12-21-13)17-5-3-14-10-22(2)11-15-7-16(20)4-6-18(15)19(14)8-17/h3-9,12H,10-11,20H2,1-2H3. The van der Waals surface area contributed by atoms with Gasteiger partial charge in [0.15, 0.2) is 0 Å². The minimum atomic E-state index is 0.821. The number of rotatable bonds is 1. The van der Waals surface area contributed by atoms with Crippen LogP contribution in [0, 0.1) is 6.92 Å². The molecular weight excluding hydrogens is 284 g/mol. The summed E-state index contributed by atoms with van der Waals surface area (Å²) in [6, 6.07) is 12.9. The monoisotopic (exact) mass is 304 g/mol. The Balaban J connectivity index is 1.91. The molecule has 4 nitrogen and oxygen atoms in total. The summed E-state index contributed by atoms with van der Waals surface area (Å²) in [4.78, 5) is 6.65. The maximum Gasteiger partial charge on any atom is 0.0995 e. The Hall–Kier alpha value is -2.59. The normalized spacial score (nSPS) is 14.2. The molecule has 0 amide bonds. The molecule has 116 valence electrons. The van der Waals surface area contributed by atoms with Crippen molar-refractivity contribution >= 4 is 5.69 Å². The van der Waals surface area contributed by atoms with Gasteiger partial charge in [0.1, 0.15) is 0 Å². The van der Waals surface area contributed by atoms with E-state index in [-0.39, 0.29) is 0 Å². The molecule has 0 saturated heterocycles. The first-order valence-corrected chi connectivity index (χ1v) is 7.81. The molecule has 0 unspecified atom stereocenters. The molecule has 0 fully saturated rings. The van der Waals surface area contributed by atoms with Crippen LogP contribution in [-0.4, -0.2) is 21.5 Å². The number of hydrogen-bond donors (Lipinski definition) is 1. The Morgan fingerprint density at radius 2 is 1.83 bits per heavy atom. The molecule has 0 aliphatic carbocycles. The van der Waals surface area contributed by atoms with Crippen LogP contribution in [0.25, 0.3) is 16.8 Å². The molecule has 4 rings (SSSR count). The smallest absolute Gasteiger partial charge is 0.0995 e. The molecule has 3 aromatic rings. The van der Waals surface area contributed by atoms with Gasteiger partial charge in [0.2, 0.25) is 0 Å². The third-order valence-corrected chi connectivity index (χ3v) is 4.40. The number of aryl methyl sites for hydroxylation is 1. The Morgan fingerprint density at radius 3 is 2.61 bits per heavy atom. The second-order valence-corrected chi connectivity index (χ2v) is 6.35. The Bertz CT molecular complexity index is 879. The molecule has 1 aliphatic heterocycles. The van der Waals surface area contributed by atoms with Crippen LogP contribution >= 0.6 is 0 Å². The van der Waals surface area contributed by atoms with Crippen molar-refractivity contribution in [3.05, 3.63) is 65.7 Å². The van der Waals surface area contributed by atoms with Crippen molar-refractivity contribution in [2.75, 3.05) is 12.8 Å². The Kier molecular flexibility index (Phi) is 3.20. The highest BCUT2D eigenvalue weighted by atomic mass is 15.1. The Morgan fingerprint density at radius 1 is 1.00 bits per heavy atom.